The van der Waals surface area contributed by atoms with Crippen molar-refractivity contribution in [2.24, 2.45) is 5.73 Å². The fraction of sp³-hybridized carbons (Fsp3) is 0.538. The highest BCUT2D eigenvalue weighted by Gasteiger charge is 2.39. The lowest BCUT2D eigenvalue weighted by atomic mass is 9.99. The Morgan fingerprint density at radius 2 is 1.94 bits per heavy atom. The first-order chi connectivity index (χ1) is 8.09. The maximum absolute atomic E-state index is 6.19. The molecule has 0 amide bonds. The van der Waals surface area contributed by atoms with Gasteiger partial charge in [0.05, 0.1) is 4.47 Å². The zero-order chi connectivity index (χ0) is 12.0. The van der Waals surface area contributed by atoms with Crippen molar-refractivity contribution in [3.05, 3.63) is 21.7 Å². The van der Waals surface area contributed by atoms with Gasteiger partial charge in [-0.2, -0.15) is 0 Å². The molecule has 1 aromatic carbocycles. The van der Waals surface area contributed by atoms with Gasteiger partial charge in [0.2, 0.25) is 0 Å². The lowest BCUT2D eigenvalue weighted by Gasteiger charge is -2.24. The second-order valence-corrected chi connectivity index (χ2v) is 5.89. The molecule has 3 rings (SSSR count). The van der Waals surface area contributed by atoms with Crippen LogP contribution < -0.4 is 15.2 Å². The molecule has 92 valence electrons. The van der Waals surface area contributed by atoms with Gasteiger partial charge in [0.25, 0.3) is 0 Å². The van der Waals surface area contributed by atoms with Crippen LogP contribution in [0.5, 0.6) is 11.5 Å². The van der Waals surface area contributed by atoms with Crippen LogP contribution in [0.15, 0.2) is 10.5 Å². The van der Waals surface area contributed by atoms with Crippen molar-refractivity contribution in [1.29, 1.82) is 0 Å². The van der Waals surface area contributed by atoms with Crippen molar-refractivity contribution < 1.29 is 9.47 Å². The average Bonchev–Trinajstić information content (AvgIpc) is 3.04. The fourth-order valence-electron chi connectivity index (χ4n) is 2.25. The average molecular weight is 298 g/mol. The first-order valence-electron chi connectivity index (χ1n) is 5.95. The van der Waals surface area contributed by atoms with Crippen LogP contribution in [0.1, 0.15) is 24.0 Å². The number of rotatable bonds is 2. The van der Waals surface area contributed by atoms with Crippen molar-refractivity contribution in [3.8, 4) is 11.5 Å². The highest BCUT2D eigenvalue weighted by Crippen LogP contribution is 2.44. The van der Waals surface area contributed by atoms with E-state index in [1.54, 1.807) is 0 Å². The second-order valence-electron chi connectivity index (χ2n) is 5.04. The minimum atomic E-state index is 0.0218. The normalized spacial score (nSPS) is 20.2. The first-order valence-corrected chi connectivity index (χ1v) is 6.75. The maximum atomic E-state index is 6.19. The van der Waals surface area contributed by atoms with Gasteiger partial charge in [0.15, 0.2) is 11.5 Å². The molecule has 1 aliphatic heterocycles. The van der Waals surface area contributed by atoms with Gasteiger partial charge in [-0.05, 0) is 59.3 Å². The number of fused-ring (bicyclic) bond motifs is 1. The summed E-state index contributed by atoms with van der Waals surface area (Å²) in [4.78, 5) is 0. The van der Waals surface area contributed by atoms with Crippen LogP contribution in [0.3, 0.4) is 0 Å². The Balaban J connectivity index is 2.01. The van der Waals surface area contributed by atoms with Crippen LogP contribution in [0.4, 0.5) is 0 Å². The molecule has 0 atom stereocenters. The van der Waals surface area contributed by atoms with Crippen molar-refractivity contribution in [3.63, 3.8) is 0 Å². The van der Waals surface area contributed by atoms with Gasteiger partial charge in [-0.25, -0.2) is 0 Å². The van der Waals surface area contributed by atoms with Crippen LogP contribution in [0.25, 0.3) is 0 Å². The number of nitrogens with two attached hydrogens (primary N) is 1. The molecule has 0 aromatic heterocycles. The summed E-state index contributed by atoms with van der Waals surface area (Å²) in [5.74, 6) is 1.71. The molecule has 17 heavy (non-hydrogen) atoms. The van der Waals surface area contributed by atoms with Crippen molar-refractivity contribution >= 4 is 15.9 Å². The molecule has 3 nitrogen and oxygen atoms in total. The summed E-state index contributed by atoms with van der Waals surface area (Å²) in [5, 5.41) is 0. The number of benzene rings is 1. The molecule has 1 aliphatic carbocycles. The number of hydrogen-bond donors (Lipinski definition) is 1. The predicted molar refractivity (Wildman–Crippen MR) is 69.7 cm³/mol. The largest absolute Gasteiger partial charge is 0.486 e. The van der Waals surface area contributed by atoms with Crippen molar-refractivity contribution in [1.82, 2.24) is 0 Å². The van der Waals surface area contributed by atoms with Crippen LogP contribution in [-0.2, 0) is 6.42 Å². The van der Waals surface area contributed by atoms with E-state index in [1.165, 1.54) is 11.1 Å². The molecule has 0 unspecified atom stereocenters. The molecule has 0 saturated heterocycles. The molecule has 4 heteroatoms. The van der Waals surface area contributed by atoms with Crippen molar-refractivity contribution in [2.45, 2.75) is 31.7 Å². The number of halogens is 1. The van der Waals surface area contributed by atoms with Gasteiger partial charge >= 0.3 is 0 Å². The third kappa shape index (κ3) is 2.04. The molecule has 0 spiro atoms. The van der Waals surface area contributed by atoms with Crippen molar-refractivity contribution in [2.75, 3.05) is 13.2 Å². The Morgan fingerprint density at radius 1 is 1.29 bits per heavy atom. The fourth-order valence-corrected chi connectivity index (χ4v) is 2.82. The molecule has 2 aliphatic rings. The highest BCUT2D eigenvalue weighted by molar-refractivity contribution is 9.10. The topological polar surface area (TPSA) is 44.5 Å². The molecule has 0 bridgehead atoms. The highest BCUT2D eigenvalue weighted by atomic mass is 79.9. The summed E-state index contributed by atoms with van der Waals surface area (Å²) in [5.41, 5.74) is 8.64. The van der Waals surface area contributed by atoms with E-state index in [9.17, 15) is 0 Å². The Bertz CT molecular complexity index is 469. The zero-order valence-corrected chi connectivity index (χ0v) is 11.5. The lowest BCUT2D eigenvalue weighted by Crippen LogP contribution is -2.25. The van der Waals surface area contributed by atoms with Crippen LogP contribution in [0.2, 0.25) is 0 Å². The summed E-state index contributed by atoms with van der Waals surface area (Å²) in [6.07, 6.45) is 3.17. The third-order valence-electron chi connectivity index (χ3n) is 3.56. The van der Waals surface area contributed by atoms with Gasteiger partial charge in [0, 0.05) is 5.54 Å². The minimum absolute atomic E-state index is 0.0218. The minimum Gasteiger partial charge on any atom is -0.486 e. The summed E-state index contributed by atoms with van der Waals surface area (Å²) in [7, 11) is 0. The lowest BCUT2D eigenvalue weighted by molar-refractivity contribution is 0.169. The van der Waals surface area contributed by atoms with Crippen LogP contribution in [-0.4, -0.2) is 18.8 Å². The van der Waals surface area contributed by atoms with E-state index in [4.69, 9.17) is 15.2 Å². The van der Waals surface area contributed by atoms with E-state index < -0.39 is 0 Å². The summed E-state index contributed by atoms with van der Waals surface area (Å²) in [6.45, 7) is 3.32. The Labute approximate surface area is 109 Å². The Hall–Kier alpha value is -0.740. The molecule has 2 N–H and O–H groups in total. The molecular weight excluding hydrogens is 282 g/mol. The van der Waals surface area contributed by atoms with E-state index in [2.05, 4.69) is 28.9 Å². The predicted octanol–water partition coefficient (Wildman–Crippen LogP) is 2.56. The van der Waals surface area contributed by atoms with E-state index in [0.29, 0.717) is 13.2 Å². The monoisotopic (exact) mass is 297 g/mol. The summed E-state index contributed by atoms with van der Waals surface area (Å²) >= 11 is 3.55. The van der Waals surface area contributed by atoms with E-state index >= 15 is 0 Å². The third-order valence-corrected chi connectivity index (χ3v) is 4.15. The zero-order valence-electron chi connectivity index (χ0n) is 9.88. The number of ether oxygens (including phenoxy) is 2. The van der Waals surface area contributed by atoms with E-state index in [-0.39, 0.29) is 5.54 Å². The maximum Gasteiger partial charge on any atom is 0.175 e. The molecular formula is C13H16BrNO2. The van der Waals surface area contributed by atoms with Crippen LogP contribution in [0, 0.1) is 6.92 Å². The Morgan fingerprint density at radius 3 is 2.59 bits per heavy atom. The molecule has 1 aromatic rings. The van der Waals surface area contributed by atoms with E-state index in [1.807, 2.05) is 0 Å². The number of hydrogen-bond acceptors (Lipinski definition) is 3. The van der Waals surface area contributed by atoms with Gasteiger partial charge in [0.1, 0.15) is 13.2 Å². The molecule has 1 heterocycles. The van der Waals surface area contributed by atoms with Gasteiger partial charge in [-0.1, -0.05) is 0 Å². The van der Waals surface area contributed by atoms with E-state index in [0.717, 1.165) is 35.2 Å². The summed E-state index contributed by atoms with van der Waals surface area (Å²) < 4.78 is 12.3. The van der Waals surface area contributed by atoms with Crippen LogP contribution >= 0.6 is 15.9 Å². The molecule has 0 radical (unpaired) electrons. The van der Waals surface area contributed by atoms with Gasteiger partial charge in [-0.3, -0.25) is 0 Å². The first kappa shape index (κ1) is 11.4. The molecule has 1 saturated carbocycles. The van der Waals surface area contributed by atoms with Gasteiger partial charge < -0.3 is 15.2 Å². The second kappa shape index (κ2) is 3.89. The standard InChI is InChI=1S/C13H16BrNO2/c1-8-9(7-13(15)2-3-13)6-10(14)12-11(8)16-4-5-17-12/h6H,2-5,7,15H2,1H3. The van der Waals surface area contributed by atoms with Gasteiger partial charge in [-0.15, -0.1) is 0 Å². The quantitative estimate of drug-likeness (QED) is 0.912. The Kier molecular flexibility index (Phi) is 2.60. The molecule has 1 fully saturated rings. The SMILES string of the molecule is Cc1c(CC2(N)CC2)cc(Br)c2c1OCCO2. The summed E-state index contributed by atoms with van der Waals surface area (Å²) in [6, 6.07) is 2.12. The smallest absolute Gasteiger partial charge is 0.175 e.